The lowest BCUT2D eigenvalue weighted by Crippen LogP contribution is -2.50. The summed E-state index contributed by atoms with van der Waals surface area (Å²) in [5.74, 6) is -2.37. The number of carbonyl (C=O) groups is 3. The van der Waals surface area contributed by atoms with E-state index in [4.69, 9.17) is 9.84 Å². The van der Waals surface area contributed by atoms with Gasteiger partial charge in [0.15, 0.2) is 0 Å². The van der Waals surface area contributed by atoms with Gasteiger partial charge in [0.1, 0.15) is 30.3 Å². The molecule has 9 nitrogen and oxygen atoms in total. The van der Waals surface area contributed by atoms with Crippen molar-refractivity contribution in [1.82, 2.24) is 10.2 Å². The third kappa shape index (κ3) is 5.95. The zero-order valence-corrected chi connectivity index (χ0v) is 22.3. The lowest BCUT2D eigenvalue weighted by molar-refractivity contribution is -0.134. The first-order chi connectivity index (χ1) is 18.2. The van der Waals surface area contributed by atoms with Gasteiger partial charge in [-0.15, -0.1) is 0 Å². The van der Waals surface area contributed by atoms with E-state index in [-0.39, 0.29) is 11.4 Å². The van der Waals surface area contributed by atoms with Crippen molar-refractivity contribution in [2.45, 2.75) is 31.2 Å². The van der Waals surface area contributed by atoms with E-state index >= 15 is 0 Å². The molecule has 0 radical (unpaired) electrons. The molecule has 1 aliphatic heterocycles. The Morgan fingerprint density at radius 2 is 1.82 bits per heavy atom. The second kappa shape index (κ2) is 11.9. The first-order valence-corrected chi connectivity index (χ1v) is 12.8. The third-order valence-corrected chi connectivity index (χ3v) is 6.82. The van der Waals surface area contributed by atoms with Crippen LogP contribution in [0, 0.1) is 9.39 Å². The van der Waals surface area contributed by atoms with Crippen LogP contribution in [-0.4, -0.2) is 51.9 Å². The number of hydrogen-bond donors (Lipinski definition) is 4. The van der Waals surface area contributed by atoms with Gasteiger partial charge in [-0.05, 0) is 64.0 Å². The number of aliphatic hydroxyl groups is 2. The van der Waals surface area contributed by atoms with Gasteiger partial charge in [0.25, 0.3) is 5.91 Å². The number of nitrogens with one attached hydrogen (secondary N) is 2. The predicted molar refractivity (Wildman–Crippen MR) is 145 cm³/mol. The fourth-order valence-electron chi connectivity index (χ4n) is 4.22. The molecule has 4 amide bonds. The number of amides is 4. The van der Waals surface area contributed by atoms with Crippen molar-refractivity contribution in [2.75, 3.05) is 11.9 Å². The molecule has 0 spiro atoms. The van der Waals surface area contributed by atoms with Gasteiger partial charge in [0.2, 0.25) is 12.2 Å². The Hall–Kier alpha value is -3.55. The van der Waals surface area contributed by atoms with Crippen molar-refractivity contribution in [2.24, 2.45) is 0 Å². The second-order valence-corrected chi connectivity index (χ2v) is 9.92. The van der Waals surface area contributed by atoms with Gasteiger partial charge >= 0.3 is 6.03 Å². The van der Waals surface area contributed by atoms with Crippen LogP contribution in [0.15, 0.2) is 72.8 Å². The molecule has 0 aliphatic carbocycles. The number of rotatable bonds is 9. The summed E-state index contributed by atoms with van der Waals surface area (Å²) in [6, 6.07) is 16.2. The summed E-state index contributed by atoms with van der Waals surface area (Å²) >= 11 is 1.95. The summed E-state index contributed by atoms with van der Waals surface area (Å²) in [6.07, 6.45) is -1.40. The largest absolute Gasteiger partial charge is 0.463 e. The van der Waals surface area contributed by atoms with Crippen LogP contribution in [-0.2, 0) is 9.59 Å². The van der Waals surface area contributed by atoms with Gasteiger partial charge < -0.3 is 25.6 Å². The molecular weight excluding hydrogens is 608 g/mol. The van der Waals surface area contributed by atoms with Gasteiger partial charge in [0, 0.05) is 9.49 Å². The van der Waals surface area contributed by atoms with Gasteiger partial charge in [-0.3, -0.25) is 9.59 Å². The molecule has 4 rings (SSSR count). The number of aliphatic hydroxyl groups excluding tert-OH is 2. The number of nitrogens with zero attached hydrogens (tertiary/aromatic N) is 1. The average molecular weight is 633 g/mol. The van der Waals surface area contributed by atoms with Gasteiger partial charge in [-0.25, -0.2) is 14.1 Å². The summed E-state index contributed by atoms with van der Waals surface area (Å²) in [4.78, 5) is 41.1. The van der Waals surface area contributed by atoms with Crippen LogP contribution >= 0.6 is 22.6 Å². The van der Waals surface area contributed by atoms with E-state index in [9.17, 15) is 23.9 Å². The second-order valence-electron chi connectivity index (χ2n) is 8.67. The fraction of sp³-hybridized carbons (Fsp3) is 0.222. The Morgan fingerprint density at radius 3 is 2.45 bits per heavy atom. The molecule has 1 heterocycles. The standard InChI is InChI=1S/C27H25FIN3O6/c1-15(16-5-3-2-4-6-16)24(25(35)30-21-12-9-18(29)13-20(21)28)32-26(36)23(31-27(32)37)17-7-10-19(11-8-17)38-22(34)14-33/h2-13,15,22-24,33-34H,14H2,1H3,(H,30,35)(H,31,37)/t15?,22-,23-,24+/m1/s1. The fourth-order valence-corrected chi connectivity index (χ4v) is 4.67. The highest BCUT2D eigenvalue weighted by Crippen LogP contribution is 2.32. The van der Waals surface area contributed by atoms with Crippen molar-refractivity contribution in [3.63, 3.8) is 0 Å². The number of ether oxygens (including phenoxy) is 1. The smallest absolute Gasteiger partial charge is 0.325 e. The summed E-state index contributed by atoms with van der Waals surface area (Å²) in [5.41, 5.74) is 1.07. The molecule has 198 valence electrons. The lowest BCUT2D eigenvalue weighted by Gasteiger charge is -2.30. The van der Waals surface area contributed by atoms with Crippen LogP contribution in [0.5, 0.6) is 5.75 Å². The van der Waals surface area contributed by atoms with Crippen molar-refractivity contribution in [3.05, 3.63) is 93.3 Å². The lowest BCUT2D eigenvalue weighted by atomic mass is 9.91. The van der Waals surface area contributed by atoms with Crippen molar-refractivity contribution < 1.29 is 33.7 Å². The maximum Gasteiger partial charge on any atom is 0.325 e. The molecule has 0 bridgehead atoms. The van der Waals surface area contributed by atoms with Crippen LogP contribution in [0.2, 0.25) is 0 Å². The van der Waals surface area contributed by atoms with Crippen LogP contribution in [0.3, 0.4) is 0 Å². The maximum atomic E-state index is 14.5. The first kappa shape index (κ1) is 27.5. The van der Waals surface area contributed by atoms with E-state index < -0.39 is 54.6 Å². The monoisotopic (exact) mass is 633 g/mol. The Labute approximate surface area is 231 Å². The van der Waals surface area contributed by atoms with Crippen LogP contribution < -0.4 is 15.4 Å². The Bertz CT molecular complexity index is 1320. The average Bonchev–Trinajstić information content (AvgIpc) is 3.20. The molecule has 3 aromatic carbocycles. The minimum Gasteiger partial charge on any atom is -0.463 e. The number of halogens is 2. The number of benzene rings is 3. The summed E-state index contributed by atoms with van der Waals surface area (Å²) in [6.45, 7) is 1.12. The molecule has 4 N–H and O–H groups in total. The molecule has 11 heteroatoms. The SMILES string of the molecule is CC(c1ccccc1)[C@@H](C(=O)Nc1ccc(I)cc1F)N1C(=O)N[C@H](c2ccc(O[C@@H](O)CO)cc2)C1=O. The van der Waals surface area contributed by atoms with E-state index in [0.717, 1.165) is 4.90 Å². The molecule has 1 unspecified atom stereocenters. The third-order valence-electron chi connectivity index (χ3n) is 6.15. The molecule has 1 saturated heterocycles. The van der Waals surface area contributed by atoms with Crippen LogP contribution in [0.4, 0.5) is 14.9 Å². The molecule has 3 aromatic rings. The summed E-state index contributed by atoms with van der Waals surface area (Å²) in [5, 5.41) is 23.5. The van der Waals surface area contributed by atoms with Crippen molar-refractivity contribution in [1.29, 1.82) is 0 Å². The molecule has 0 saturated carbocycles. The molecule has 1 aliphatic rings. The Morgan fingerprint density at radius 1 is 1.13 bits per heavy atom. The highest BCUT2D eigenvalue weighted by molar-refractivity contribution is 14.1. The molecular formula is C27H25FIN3O6. The van der Waals surface area contributed by atoms with E-state index in [0.29, 0.717) is 14.7 Å². The number of imide groups is 1. The van der Waals surface area contributed by atoms with E-state index in [2.05, 4.69) is 10.6 Å². The zero-order valence-electron chi connectivity index (χ0n) is 20.2. The van der Waals surface area contributed by atoms with Gasteiger partial charge in [-0.2, -0.15) is 0 Å². The zero-order chi connectivity index (χ0) is 27.4. The normalized spacial score (nSPS) is 17.5. The number of hydrogen-bond acceptors (Lipinski definition) is 6. The Kier molecular flexibility index (Phi) is 8.59. The Balaban J connectivity index is 1.64. The molecule has 38 heavy (non-hydrogen) atoms. The van der Waals surface area contributed by atoms with Gasteiger partial charge in [-0.1, -0.05) is 49.4 Å². The summed E-state index contributed by atoms with van der Waals surface area (Å²) < 4.78 is 20.3. The molecule has 1 fully saturated rings. The minimum atomic E-state index is -1.40. The van der Waals surface area contributed by atoms with Crippen molar-refractivity contribution in [3.8, 4) is 5.75 Å². The van der Waals surface area contributed by atoms with Gasteiger partial charge in [0.05, 0.1) is 5.69 Å². The molecule has 4 atom stereocenters. The number of carbonyl (C=O) groups excluding carboxylic acids is 3. The van der Waals surface area contributed by atoms with Crippen molar-refractivity contribution >= 4 is 46.1 Å². The highest BCUT2D eigenvalue weighted by atomic mass is 127. The highest BCUT2D eigenvalue weighted by Gasteiger charge is 2.47. The summed E-state index contributed by atoms with van der Waals surface area (Å²) in [7, 11) is 0. The van der Waals surface area contributed by atoms with E-state index in [1.54, 1.807) is 37.3 Å². The first-order valence-electron chi connectivity index (χ1n) is 11.7. The quantitative estimate of drug-likeness (QED) is 0.162. The van der Waals surface area contributed by atoms with E-state index in [1.165, 1.54) is 36.4 Å². The van der Waals surface area contributed by atoms with Crippen LogP contribution in [0.25, 0.3) is 0 Å². The number of urea groups is 1. The predicted octanol–water partition coefficient (Wildman–Crippen LogP) is 3.52. The van der Waals surface area contributed by atoms with E-state index in [1.807, 2.05) is 28.7 Å². The number of anilines is 1. The topological polar surface area (TPSA) is 128 Å². The minimum absolute atomic E-state index is 0.0649. The molecule has 0 aromatic heterocycles. The van der Waals surface area contributed by atoms with Crippen LogP contribution in [0.1, 0.15) is 30.0 Å². The maximum absolute atomic E-state index is 14.5.